The molecule has 4 N–H and O–H groups in total. The molecule has 2 aromatic rings. The van der Waals surface area contributed by atoms with E-state index in [-0.39, 0.29) is 0 Å². The molecule has 17 heavy (non-hydrogen) atoms. The second kappa shape index (κ2) is 4.29. The van der Waals surface area contributed by atoms with Crippen molar-refractivity contribution in [3.63, 3.8) is 0 Å². The van der Waals surface area contributed by atoms with Crippen LogP contribution in [0.1, 0.15) is 21.7 Å². The molecule has 0 bridgehead atoms. The monoisotopic (exact) mass is 230 g/mol. The number of carbonyl (C=O) groups excluding carboxylic acids is 1. The minimum Gasteiger partial charge on any atom is -0.398 e. The molecule has 0 aliphatic rings. The van der Waals surface area contributed by atoms with E-state index in [2.05, 4.69) is 4.98 Å². The zero-order chi connectivity index (χ0) is 12.4. The Balaban J connectivity index is 2.29. The summed E-state index contributed by atoms with van der Waals surface area (Å²) >= 11 is 0. The Hall–Kier alpha value is -2.30. The highest BCUT2D eigenvalue weighted by Crippen LogP contribution is 2.16. The van der Waals surface area contributed by atoms with Gasteiger partial charge in [0.1, 0.15) is 5.82 Å². The minimum absolute atomic E-state index is 0.425. The van der Waals surface area contributed by atoms with Gasteiger partial charge in [-0.1, -0.05) is 6.07 Å². The summed E-state index contributed by atoms with van der Waals surface area (Å²) in [5, 5.41) is 0. The maximum atomic E-state index is 11.0. The van der Waals surface area contributed by atoms with Gasteiger partial charge in [-0.15, -0.1) is 0 Å². The Kier molecular flexibility index (Phi) is 2.82. The summed E-state index contributed by atoms with van der Waals surface area (Å²) in [7, 11) is 0. The van der Waals surface area contributed by atoms with Crippen molar-refractivity contribution in [3.05, 3.63) is 47.5 Å². The molecule has 1 heterocycles. The summed E-state index contributed by atoms with van der Waals surface area (Å²) < 4.78 is 1.98. The smallest absolute Gasteiger partial charge is 0.248 e. The number of carbonyl (C=O) groups is 1. The van der Waals surface area contributed by atoms with E-state index in [0.717, 1.165) is 11.4 Å². The highest BCUT2D eigenvalue weighted by atomic mass is 16.1. The van der Waals surface area contributed by atoms with Gasteiger partial charge in [-0.3, -0.25) is 4.79 Å². The van der Waals surface area contributed by atoms with Gasteiger partial charge in [-0.2, -0.15) is 0 Å². The molecular formula is C12H14N4O. The maximum absolute atomic E-state index is 11.0. The molecule has 0 saturated carbocycles. The van der Waals surface area contributed by atoms with Gasteiger partial charge >= 0.3 is 0 Å². The van der Waals surface area contributed by atoms with E-state index in [1.807, 2.05) is 23.8 Å². The van der Waals surface area contributed by atoms with Gasteiger partial charge in [-0.25, -0.2) is 4.98 Å². The van der Waals surface area contributed by atoms with Crippen LogP contribution in [0.15, 0.2) is 30.6 Å². The molecule has 5 heteroatoms. The molecule has 0 atom stereocenters. The number of aromatic nitrogens is 2. The van der Waals surface area contributed by atoms with Crippen LogP contribution in [-0.2, 0) is 6.54 Å². The van der Waals surface area contributed by atoms with Gasteiger partial charge in [0, 0.05) is 23.6 Å². The van der Waals surface area contributed by atoms with Crippen molar-refractivity contribution in [2.75, 3.05) is 5.73 Å². The Morgan fingerprint density at radius 2 is 2.24 bits per heavy atom. The number of hydrogen-bond donors (Lipinski definition) is 2. The van der Waals surface area contributed by atoms with Crippen LogP contribution in [0.5, 0.6) is 0 Å². The fourth-order valence-electron chi connectivity index (χ4n) is 1.65. The van der Waals surface area contributed by atoms with Crippen LogP contribution < -0.4 is 11.5 Å². The average Bonchev–Trinajstić information content (AvgIpc) is 2.67. The molecule has 5 nitrogen and oxygen atoms in total. The number of anilines is 1. The Morgan fingerprint density at radius 1 is 1.47 bits per heavy atom. The van der Waals surface area contributed by atoms with Crippen LogP contribution >= 0.6 is 0 Å². The first kappa shape index (κ1) is 11.2. The summed E-state index contributed by atoms with van der Waals surface area (Å²) in [6.07, 6.45) is 3.63. The van der Waals surface area contributed by atoms with Crippen molar-refractivity contribution in [1.82, 2.24) is 9.55 Å². The lowest BCUT2D eigenvalue weighted by Crippen LogP contribution is -2.12. The largest absolute Gasteiger partial charge is 0.398 e. The van der Waals surface area contributed by atoms with Gasteiger partial charge in [0.05, 0.1) is 6.54 Å². The van der Waals surface area contributed by atoms with Crippen molar-refractivity contribution in [1.29, 1.82) is 0 Å². The van der Waals surface area contributed by atoms with Crippen LogP contribution in [0.25, 0.3) is 0 Å². The van der Waals surface area contributed by atoms with E-state index in [1.54, 1.807) is 18.3 Å². The first-order valence-corrected chi connectivity index (χ1v) is 5.24. The first-order chi connectivity index (χ1) is 8.08. The van der Waals surface area contributed by atoms with Crippen LogP contribution in [0, 0.1) is 6.92 Å². The number of hydrogen-bond acceptors (Lipinski definition) is 3. The predicted molar refractivity (Wildman–Crippen MR) is 65.4 cm³/mol. The third-order valence-corrected chi connectivity index (χ3v) is 2.69. The van der Waals surface area contributed by atoms with Crippen LogP contribution in [0.3, 0.4) is 0 Å². The molecular weight excluding hydrogens is 216 g/mol. The number of rotatable bonds is 3. The van der Waals surface area contributed by atoms with Crippen molar-refractivity contribution >= 4 is 11.6 Å². The molecule has 1 amide bonds. The number of aryl methyl sites for hydroxylation is 1. The quantitative estimate of drug-likeness (QED) is 0.769. The normalized spacial score (nSPS) is 10.4. The van der Waals surface area contributed by atoms with Crippen molar-refractivity contribution in [2.45, 2.75) is 13.5 Å². The lowest BCUT2D eigenvalue weighted by Gasteiger charge is -2.09. The number of nitrogen functional groups attached to an aromatic ring is 1. The number of imidazole rings is 1. The molecule has 0 spiro atoms. The number of amides is 1. The van der Waals surface area contributed by atoms with E-state index in [0.29, 0.717) is 17.8 Å². The standard InChI is InChI=1S/C12H14N4O/c1-8-15-4-5-16(8)7-10-3-2-9(12(14)17)6-11(10)13/h2-6H,7,13H2,1H3,(H2,14,17). The summed E-state index contributed by atoms with van der Waals surface area (Å²) in [5.74, 6) is 0.449. The van der Waals surface area contributed by atoms with Gasteiger partial charge in [-0.05, 0) is 24.6 Å². The van der Waals surface area contributed by atoms with E-state index in [9.17, 15) is 4.79 Å². The zero-order valence-electron chi connectivity index (χ0n) is 9.55. The van der Waals surface area contributed by atoms with Gasteiger partial charge in [0.25, 0.3) is 0 Å². The fraction of sp³-hybridized carbons (Fsp3) is 0.167. The molecule has 0 unspecified atom stereocenters. The van der Waals surface area contributed by atoms with Crippen LogP contribution in [0.2, 0.25) is 0 Å². The van der Waals surface area contributed by atoms with E-state index in [4.69, 9.17) is 11.5 Å². The predicted octanol–water partition coefficient (Wildman–Crippen LogP) is 0.921. The van der Waals surface area contributed by atoms with Crippen molar-refractivity contribution < 1.29 is 4.79 Å². The van der Waals surface area contributed by atoms with E-state index >= 15 is 0 Å². The zero-order valence-corrected chi connectivity index (χ0v) is 9.55. The number of benzene rings is 1. The summed E-state index contributed by atoms with van der Waals surface area (Å²) in [5.41, 5.74) is 13.0. The lowest BCUT2D eigenvalue weighted by molar-refractivity contribution is 0.100. The molecule has 2 rings (SSSR count). The van der Waals surface area contributed by atoms with E-state index < -0.39 is 5.91 Å². The maximum Gasteiger partial charge on any atom is 0.248 e. The van der Waals surface area contributed by atoms with Gasteiger partial charge < -0.3 is 16.0 Å². The third kappa shape index (κ3) is 2.28. The second-order valence-electron chi connectivity index (χ2n) is 3.88. The molecule has 1 aromatic heterocycles. The molecule has 0 aliphatic carbocycles. The Bertz CT molecular complexity index is 559. The SMILES string of the molecule is Cc1nccn1Cc1ccc(C(N)=O)cc1N. The van der Waals surface area contributed by atoms with Gasteiger partial charge in [0.15, 0.2) is 0 Å². The first-order valence-electron chi connectivity index (χ1n) is 5.24. The van der Waals surface area contributed by atoms with Crippen molar-refractivity contribution in [2.24, 2.45) is 5.73 Å². The average molecular weight is 230 g/mol. The Morgan fingerprint density at radius 3 is 2.76 bits per heavy atom. The Labute approximate surface area is 99.1 Å². The lowest BCUT2D eigenvalue weighted by atomic mass is 10.1. The number of primary amides is 1. The molecule has 0 radical (unpaired) electrons. The molecule has 0 fully saturated rings. The molecule has 1 aromatic carbocycles. The summed E-state index contributed by atoms with van der Waals surface area (Å²) in [6, 6.07) is 5.10. The molecule has 0 aliphatic heterocycles. The minimum atomic E-state index is -0.470. The third-order valence-electron chi connectivity index (χ3n) is 2.69. The van der Waals surface area contributed by atoms with Gasteiger partial charge in [0.2, 0.25) is 5.91 Å². The topological polar surface area (TPSA) is 86.9 Å². The number of nitrogens with zero attached hydrogens (tertiary/aromatic N) is 2. The van der Waals surface area contributed by atoms with E-state index in [1.165, 1.54) is 0 Å². The second-order valence-corrected chi connectivity index (χ2v) is 3.88. The van der Waals surface area contributed by atoms with Crippen molar-refractivity contribution in [3.8, 4) is 0 Å². The summed E-state index contributed by atoms with van der Waals surface area (Å²) in [4.78, 5) is 15.1. The molecule has 88 valence electrons. The van der Waals surface area contributed by atoms with Crippen LogP contribution in [0.4, 0.5) is 5.69 Å². The fourth-order valence-corrected chi connectivity index (χ4v) is 1.65. The van der Waals surface area contributed by atoms with Crippen LogP contribution in [-0.4, -0.2) is 15.5 Å². The highest BCUT2D eigenvalue weighted by Gasteiger charge is 2.06. The highest BCUT2D eigenvalue weighted by molar-refractivity contribution is 5.93. The number of nitrogens with two attached hydrogens (primary N) is 2. The summed E-state index contributed by atoms with van der Waals surface area (Å²) in [6.45, 7) is 2.56. The molecule has 0 saturated heterocycles.